The number of fused-ring (bicyclic) bond motifs is 1. The molecule has 0 bridgehead atoms. The van der Waals surface area contributed by atoms with Crippen molar-refractivity contribution >= 4 is 16.7 Å². The maximum absolute atomic E-state index is 11.8. The molecule has 0 aliphatic heterocycles. The number of hydrogen-bond donors (Lipinski definition) is 1. The molecule has 8 nitrogen and oxygen atoms in total. The Morgan fingerprint density at radius 1 is 1.03 bits per heavy atom. The average Bonchev–Trinajstić information content (AvgIpc) is 3.21. The third kappa shape index (κ3) is 4.13. The third-order valence-electron chi connectivity index (χ3n) is 4.92. The molecule has 31 heavy (non-hydrogen) atoms. The summed E-state index contributed by atoms with van der Waals surface area (Å²) in [5.41, 5.74) is 3.83. The normalized spacial score (nSPS) is 10.8. The second-order valence-electron chi connectivity index (χ2n) is 7.03. The van der Waals surface area contributed by atoms with Crippen LogP contribution in [-0.4, -0.2) is 29.1 Å². The van der Waals surface area contributed by atoms with Gasteiger partial charge in [-0.3, -0.25) is 10.1 Å². The molecule has 0 atom stereocenters. The van der Waals surface area contributed by atoms with Crippen molar-refractivity contribution in [3.8, 4) is 28.6 Å². The summed E-state index contributed by atoms with van der Waals surface area (Å²) in [6.07, 6.45) is 0. The Morgan fingerprint density at radius 3 is 2.48 bits per heavy atom. The zero-order valence-corrected chi connectivity index (χ0v) is 17.3. The van der Waals surface area contributed by atoms with Crippen LogP contribution in [0.15, 0.2) is 54.6 Å². The summed E-state index contributed by atoms with van der Waals surface area (Å²) < 4.78 is 16.5. The lowest BCUT2D eigenvalue weighted by molar-refractivity contribution is -0.386. The van der Waals surface area contributed by atoms with Crippen LogP contribution in [0.4, 0.5) is 5.69 Å². The minimum Gasteiger partial charge on any atom is -0.497 e. The zero-order valence-electron chi connectivity index (χ0n) is 17.3. The van der Waals surface area contributed by atoms with Crippen molar-refractivity contribution in [1.29, 1.82) is 0 Å². The molecule has 0 saturated heterocycles. The van der Waals surface area contributed by atoms with Crippen LogP contribution < -0.4 is 14.2 Å². The number of benzene rings is 3. The smallest absolute Gasteiger partial charge is 0.315 e. The third-order valence-corrected chi connectivity index (χ3v) is 4.92. The molecule has 1 aromatic heterocycles. The van der Waals surface area contributed by atoms with Gasteiger partial charge in [0, 0.05) is 17.7 Å². The number of aromatic nitrogens is 2. The number of aromatic amines is 1. The predicted octanol–water partition coefficient (Wildman–Crippen LogP) is 5.04. The highest BCUT2D eigenvalue weighted by Crippen LogP contribution is 2.41. The van der Waals surface area contributed by atoms with E-state index in [2.05, 4.69) is 9.97 Å². The van der Waals surface area contributed by atoms with Gasteiger partial charge in [-0.05, 0) is 30.7 Å². The second kappa shape index (κ2) is 8.35. The number of nitrogens with zero attached hydrogens (tertiary/aromatic N) is 2. The maximum atomic E-state index is 11.8. The van der Waals surface area contributed by atoms with Crippen LogP contribution in [0.1, 0.15) is 11.1 Å². The molecule has 3 aromatic carbocycles. The largest absolute Gasteiger partial charge is 0.497 e. The van der Waals surface area contributed by atoms with Crippen molar-refractivity contribution in [3.63, 3.8) is 0 Å². The number of rotatable bonds is 7. The lowest BCUT2D eigenvalue weighted by Gasteiger charge is -2.12. The van der Waals surface area contributed by atoms with Crippen molar-refractivity contribution in [1.82, 2.24) is 9.97 Å². The van der Waals surface area contributed by atoms with E-state index in [-0.39, 0.29) is 23.8 Å². The number of ether oxygens (including phenoxy) is 3. The first-order valence-corrected chi connectivity index (χ1v) is 9.57. The highest BCUT2D eigenvalue weighted by Gasteiger charge is 2.24. The number of nitro groups is 1. The van der Waals surface area contributed by atoms with Crippen LogP contribution in [-0.2, 0) is 6.61 Å². The Morgan fingerprint density at radius 2 is 1.81 bits per heavy atom. The summed E-state index contributed by atoms with van der Waals surface area (Å²) in [6.45, 7) is 2.17. The molecular formula is C23H21N3O5. The standard InChI is InChI=1S/C23H21N3O5/c1-14-4-6-15(7-5-14)13-31-22-20(26(27)28)10-16(11-21(22)30-3)23-24-18-9-8-17(29-2)12-19(18)25-23/h4-12H,13H2,1-3H3,(H,24,25). The van der Waals surface area contributed by atoms with Gasteiger partial charge in [0.1, 0.15) is 18.2 Å². The molecule has 0 unspecified atom stereocenters. The van der Waals surface area contributed by atoms with Crippen LogP contribution in [0.2, 0.25) is 0 Å². The number of hydrogen-bond acceptors (Lipinski definition) is 6. The van der Waals surface area contributed by atoms with Crippen molar-refractivity contribution in [2.24, 2.45) is 0 Å². The number of nitro benzene ring substituents is 1. The Bertz CT molecular complexity index is 1250. The first-order chi connectivity index (χ1) is 15.0. The van der Waals surface area contributed by atoms with E-state index in [1.807, 2.05) is 43.3 Å². The van der Waals surface area contributed by atoms with Crippen LogP contribution in [0, 0.1) is 17.0 Å². The lowest BCUT2D eigenvalue weighted by Crippen LogP contribution is -2.02. The van der Waals surface area contributed by atoms with Gasteiger partial charge in [0.15, 0.2) is 5.75 Å². The number of imidazole rings is 1. The highest BCUT2D eigenvalue weighted by atomic mass is 16.6. The molecule has 4 aromatic rings. The Hall–Kier alpha value is -4.07. The molecule has 0 aliphatic carbocycles. The molecule has 0 radical (unpaired) electrons. The molecule has 0 fully saturated rings. The van der Waals surface area contributed by atoms with Gasteiger partial charge in [0.05, 0.1) is 30.2 Å². The van der Waals surface area contributed by atoms with E-state index in [9.17, 15) is 10.1 Å². The second-order valence-corrected chi connectivity index (χ2v) is 7.03. The zero-order chi connectivity index (χ0) is 22.0. The Balaban J connectivity index is 1.72. The van der Waals surface area contributed by atoms with E-state index in [0.717, 1.165) is 22.2 Å². The van der Waals surface area contributed by atoms with Crippen molar-refractivity contribution < 1.29 is 19.1 Å². The molecule has 1 heterocycles. The molecule has 4 rings (SSSR count). The van der Waals surface area contributed by atoms with E-state index < -0.39 is 4.92 Å². The number of aryl methyl sites for hydroxylation is 1. The van der Waals surface area contributed by atoms with Gasteiger partial charge < -0.3 is 19.2 Å². The highest BCUT2D eigenvalue weighted by molar-refractivity contribution is 5.82. The average molecular weight is 419 g/mol. The van der Waals surface area contributed by atoms with Crippen LogP contribution in [0.3, 0.4) is 0 Å². The van der Waals surface area contributed by atoms with Gasteiger partial charge in [-0.1, -0.05) is 29.8 Å². The summed E-state index contributed by atoms with van der Waals surface area (Å²) in [5.74, 6) is 1.50. The summed E-state index contributed by atoms with van der Waals surface area (Å²) in [4.78, 5) is 19.0. The van der Waals surface area contributed by atoms with E-state index in [0.29, 0.717) is 17.1 Å². The van der Waals surface area contributed by atoms with Gasteiger partial charge in [-0.25, -0.2) is 4.98 Å². The molecular weight excluding hydrogens is 398 g/mol. The molecule has 1 N–H and O–H groups in total. The fourth-order valence-electron chi connectivity index (χ4n) is 3.25. The molecule has 0 saturated carbocycles. The maximum Gasteiger partial charge on any atom is 0.315 e. The van der Waals surface area contributed by atoms with Gasteiger partial charge in [0.2, 0.25) is 5.75 Å². The van der Waals surface area contributed by atoms with E-state index in [4.69, 9.17) is 14.2 Å². The fourth-order valence-corrected chi connectivity index (χ4v) is 3.25. The summed E-state index contributed by atoms with van der Waals surface area (Å²) in [7, 11) is 3.03. The fraction of sp³-hybridized carbons (Fsp3) is 0.174. The summed E-state index contributed by atoms with van der Waals surface area (Å²) in [6, 6.07) is 16.3. The summed E-state index contributed by atoms with van der Waals surface area (Å²) in [5, 5.41) is 11.8. The van der Waals surface area contributed by atoms with Crippen LogP contribution in [0.25, 0.3) is 22.4 Å². The Kier molecular flexibility index (Phi) is 5.44. The molecule has 0 amide bonds. The van der Waals surface area contributed by atoms with Crippen LogP contribution >= 0.6 is 0 Å². The lowest BCUT2D eigenvalue weighted by atomic mass is 10.1. The van der Waals surface area contributed by atoms with E-state index >= 15 is 0 Å². The van der Waals surface area contributed by atoms with E-state index in [1.54, 1.807) is 19.2 Å². The predicted molar refractivity (Wildman–Crippen MR) is 117 cm³/mol. The molecule has 8 heteroatoms. The minimum atomic E-state index is -0.484. The Labute approximate surface area is 178 Å². The SMILES string of the molecule is COc1ccc2nc(-c3cc(OC)c(OCc4ccc(C)cc4)c([N+](=O)[O-])c3)[nH]c2c1. The van der Waals surface area contributed by atoms with Crippen LogP contribution in [0.5, 0.6) is 17.2 Å². The number of H-pyrrole nitrogens is 1. The first kappa shape index (κ1) is 20.2. The topological polar surface area (TPSA) is 99.5 Å². The van der Waals surface area contributed by atoms with Gasteiger partial charge in [-0.15, -0.1) is 0 Å². The molecule has 158 valence electrons. The van der Waals surface area contributed by atoms with E-state index in [1.165, 1.54) is 13.2 Å². The number of methoxy groups -OCH3 is 2. The van der Waals surface area contributed by atoms with Crippen molar-refractivity contribution in [3.05, 3.63) is 75.8 Å². The monoisotopic (exact) mass is 419 g/mol. The van der Waals surface area contributed by atoms with Crippen molar-refractivity contribution in [2.75, 3.05) is 14.2 Å². The number of nitrogens with one attached hydrogen (secondary N) is 1. The summed E-state index contributed by atoms with van der Waals surface area (Å²) >= 11 is 0. The first-order valence-electron chi connectivity index (χ1n) is 9.57. The molecule has 0 aliphatic rings. The quantitative estimate of drug-likeness (QED) is 0.333. The van der Waals surface area contributed by atoms with Gasteiger partial charge in [0.25, 0.3) is 0 Å². The molecule has 0 spiro atoms. The van der Waals surface area contributed by atoms with Gasteiger partial charge in [-0.2, -0.15) is 0 Å². The van der Waals surface area contributed by atoms with Crippen molar-refractivity contribution in [2.45, 2.75) is 13.5 Å². The van der Waals surface area contributed by atoms with Gasteiger partial charge >= 0.3 is 5.69 Å². The minimum absolute atomic E-state index is 0.0783.